The fourth-order valence-electron chi connectivity index (χ4n) is 5.64. The van der Waals surface area contributed by atoms with Gasteiger partial charge < -0.3 is 14.7 Å². The number of likely N-dealkylation sites (N-methyl/N-ethyl adjacent to an activating group) is 1. The summed E-state index contributed by atoms with van der Waals surface area (Å²) in [6.07, 6.45) is 0. The fraction of sp³-hybridized carbons (Fsp3) is 0.367. The Morgan fingerprint density at radius 2 is 1.54 bits per heavy atom. The van der Waals surface area contributed by atoms with Gasteiger partial charge in [-0.15, -0.1) is 0 Å². The molecule has 2 aliphatic rings. The summed E-state index contributed by atoms with van der Waals surface area (Å²) in [5, 5.41) is 11.4. The Kier molecular flexibility index (Phi) is 5.20. The maximum absolute atomic E-state index is 14.2. The molecule has 0 aromatic heterocycles. The van der Waals surface area contributed by atoms with Crippen LogP contribution in [0.25, 0.3) is 0 Å². The van der Waals surface area contributed by atoms with Crippen LogP contribution in [0.5, 0.6) is 11.5 Å². The van der Waals surface area contributed by atoms with Crippen molar-refractivity contribution in [3.8, 4) is 11.5 Å². The Balaban J connectivity index is 1.87. The van der Waals surface area contributed by atoms with Gasteiger partial charge in [-0.3, -0.25) is 4.79 Å². The monoisotopic (exact) mass is 533 g/mol. The van der Waals surface area contributed by atoms with Crippen molar-refractivity contribution in [3.63, 3.8) is 0 Å². The van der Waals surface area contributed by atoms with Gasteiger partial charge in [-0.05, 0) is 55.6 Å². The lowest BCUT2D eigenvalue weighted by molar-refractivity contribution is -0.132. The van der Waals surface area contributed by atoms with Gasteiger partial charge in [0.1, 0.15) is 11.5 Å². The second-order valence-electron chi connectivity index (χ2n) is 11.8. The quantitative estimate of drug-likeness (QED) is 0.361. The Hall–Kier alpha value is -2.79. The van der Waals surface area contributed by atoms with Gasteiger partial charge in [0.2, 0.25) is 5.60 Å². The Bertz CT molecular complexity index is 1330. The zero-order valence-electron chi connectivity index (χ0n) is 21.4. The first-order chi connectivity index (χ1) is 16.3. The average molecular weight is 534 g/mol. The molecule has 2 aliphatic heterocycles. The van der Waals surface area contributed by atoms with Crippen LogP contribution in [0.2, 0.25) is 0 Å². The molecule has 3 aromatic rings. The van der Waals surface area contributed by atoms with Crippen LogP contribution in [-0.2, 0) is 21.2 Å². The molecular formula is C30H32BrNO3. The molecule has 1 spiro atoms. The summed E-state index contributed by atoms with van der Waals surface area (Å²) in [4.78, 5) is 15.9. The highest BCUT2D eigenvalue weighted by Crippen LogP contribution is 2.60. The van der Waals surface area contributed by atoms with Crippen molar-refractivity contribution < 1.29 is 14.6 Å². The van der Waals surface area contributed by atoms with Gasteiger partial charge in [-0.1, -0.05) is 84.0 Å². The van der Waals surface area contributed by atoms with E-state index in [4.69, 9.17) is 4.74 Å². The number of phenolic OH excluding ortho intramolecular Hbond substituents is 1. The highest BCUT2D eigenvalue weighted by Gasteiger charge is 2.62. The van der Waals surface area contributed by atoms with Crippen molar-refractivity contribution in [2.75, 3.05) is 11.9 Å². The van der Waals surface area contributed by atoms with Gasteiger partial charge in [0.15, 0.2) is 0 Å². The van der Waals surface area contributed by atoms with Crippen LogP contribution >= 0.6 is 15.9 Å². The average Bonchev–Trinajstić information content (AvgIpc) is 3.22. The number of carbonyl (C=O) groups is 1. The summed E-state index contributed by atoms with van der Waals surface area (Å²) in [6.45, 7) is 12.6. The molecule has 1 N–H and O–H groups in total. The van der Waals surface area contributed by atoms with Gasteiger partial charge in [-0.25, -0.2) is 0 Å². The summed E-state index contributed by atoms with van der Waals surface area (Å²) >= 11 is 3.66. The fourth-order valence-corrected chi connectivity index (χ4v) is 6.28. The van der Waals surface area contributed by atoms with Gasteiger partial charge >= 0.3 is 0 Å². The van der Waals surface area contributed by atoms with Crippen LogP contribution in [0.15, 0.2) is 59.1 Å². The number of fused-ring (bicyclic) bond motifs is 3. The predicted molar refractivity (Wildman–Crippen MR) is 144 cm³/mol. The van der Waals surface area contributed by atoms with Crippen LogP contribution in [-0.4, -0.2) is 18.1 Å². The number of ether oxygens (including phenoxy) is 1. The maximum Gasteiger partial charge on any atom is 0.276 e. The number of hydrogen-bond donors (Lipinski definition) is 1. The number of carbonyl (C=O) groups excluding carboxylic acids is 1. The lowest BCUT2D eigenvalue weighted by Gasteiger charge is -2.33. The minimum atomic E-state index is -1.22. The molecule has 5 rings (SSSR count). The second kappa shape index (κ2) is 7.60. The summed E-state index contributed by atoms with van der Waals surface area (Å²) in [5.74, 6) is 0.582. The molecule has 4 nitrogen and oxygen atoms in total. The number of amides is 1. The predicted octanol–water partition coefficient (Wildman–Crippen LogP) is 7.15. The van der Waals surface area contributed by atoms with E-state index in [0.717, 1.165) is 43.7 Å². The van der Waals surface area contributed by atoms with Gasteiger partial charge in [0, 0.05) is 22.6 Å². The van der Waals surface area contributed by atoms with E-state index in [1.165, 1.54) is 0 Å². The van der Waals surface area contributed by atoms with Crippen LogP contribution in [0.1, 0.15) is 75.3 Å². The molecule has 0 unspecified atom stereocenters. The van der Waals surface area contributed by atoms with Crippen LogP contribution < -0.4 is 9.64 Å². The van der Waals surface area contributed by atoms with Gasteiger partial charge in [-0.2, -0.15) is 0 Å². The molecule has 0 radical (unpaired) electrons. The smallest absolute Gasteiger partial charge is 0.276 e. The molecule has 35 heavy (non-hydrogen) atoms. The molecule has 182 valence electrons. The lowest BCUT2D eigenvalue weighted by atomic mass is 9.71. The second-order valence-corrected chi connectivity index (χ2v) is 12.6. The summed E-state index contributed by atoms with van der Waals surface area (Å²) in [6, 6.07) is 18.0. The van der Waals surface area contributed by atoms with E-state index in [1.807, 2.05) is 43.4 Å². The van der Waals surface area contributed by atoms with E-state index in [1.54, 1.807) is 4.90 Å². The Morgan fingerprint density at radius 1 is 0.943 bits per heavy atom. The van der Waals surface area contributed by atoms with E-state index >= 15 is 0 Å². The molecule has 0 bridgehead atoms. The highest BCUT2D eigenvalue weighted by molar-refractivity contribution is 9.10. The van der Waals surface area contributed by atoms with Gasteiger partial charge in [0.25, 0.3) is 5.91 Å². The number of aromatic hydroxyl groups is 1. The van der Waals surface area contributed by atoms with Crippen LogP contribution in [0, 0.1) is 0 Å². The number of hydrogen-bond acceptors (Lipinski definition) is 3. The molecule has 3 aromatic carbocycles. The van der Waals surface area contributed by atoms with Gasteiger partial charge in [0.05, 0.1) is 11.6 Å². The molecule has 5 heteroatoms. The third-order valence-electron chi connectivity index (χ3n) is 7.33. The van der Waals surface area contributed by atoms with E-state index in [2.05, 4.69) is 75.7 Å². The lowest BCUT2D eigenvalue weighted by Crippen LogP contribution is -2.45. The molecule has 0 aliphatic carbocycles. The summed E-state index contributed by atoms with van der Waals surface area (Å²) in [7, 11) is 1.81. The van der Waals surface area contributed by atoms with Crippen molar-refractivity contribution in [1.29, 1.82) is 0 Å². The third kappa shape index (κ3) is 3.35. The molecule has 0 fully saturated rings. The van der Waals surface area contributed by atoms with E-state index in [9.17, 15) is 9.90 Å². The normalized spacial score (nSPS) is 21.3. The zero-order chi connectivity index (χ0) is 25.5. The van der Waals surface area contributed by atoms with Crippen LogP contribution in [0.3, 0.4) is 0 Å². The third-order valence-corrected chi connectivity index (χ3v) is 7.97. The number of halogens is 1. The van der Waals surface area contributed by atoms with Crippen molar-refractivity contribution in [1.82, 2.24) is 0 Å². The molecule has 2 atom stereocenters. The highest BCUT2D eigenvalue weighted by atomic mass is 79.9. The molecule has 0 saturated carbocycles. The number of benzene rings is 3. The Labute approximate surface area is 216 Å². The van der Waals surface area contributed by atoms with E-state index in [0.29, 0.717) is 5.75 Å². The van der Waals surface area contributed by atoms with Crippen molar-refractivity contribution in [2.45, 2.75) is 63.9 Å². The van der Waals surface area contributed by atoms with E-state index < -0.39 is 5.60 Å². The standard InChI is InChI=1S/C30H32BrNO3/c1-28(2,3)20-15-17(16-21(26(20)33)29(4,5)6)24-18-11-8-9-14-23(18)35-30(24)19-12-10-13-22(31)25(19)32(7)27(30)34/h8-16,24,33H,1-7H3/t24-,30+/m1/s1. The molecule has 2 heterocycles. The number of anilines is 1. The minimum absolute atomic E-state index is 0.0942. The topological polar surface area (TPSA) is 49.8 Å². The molecule has 0 saturated heterocycles. The molecule has 1 amide bonds. The number of para-hydroxylation sites is 2. The molecular weight excluding hydrogens is 502 g/mol. The van der Waals surface area contributed by atoms with Crippen LogP contribution in [0.4, 0.5) is 5.69 Å². The number of nitrogens with zero attached hydrogens (tertiary/aromatic N) is 1. The number of phenols is 1. The van der Waals surface area contributed by atoms with E-state index in [-0.39, 0.29) is 22.7 Å². The summed E-state index contributed by atoms with van der Waals surface area (Å²) < 4.78 is 7.55. The zero-order valence-corrected chi connectivity index (χ0v) is 22.9. The largest absolute Gasteiger partial charge is 0.507 e. The summed E-state index contributed by atoms with van der Waals surface area (Å²) in [5.41, 5.74) is 3.57. The maximum atomic E-state index is 14.2. The Morgan fingerprint density at radius 3 is 2.14 bits per heavy atom. The minimum Gasteiger partial charge on any atom is -0.507 e. The SMILES string of the molecule is CN1C(=O)[C@]2(Oc3ccccc3[C@H]2c2cc(C(C)(C)C)c(O)c(C(C)(C)C)c2)c2cccc(Br)c21. The van der Waals surface area contributed by atoms with Crippen molar-refractivity contribution >= 4 is 27.5 Å². The first-order valence-corrected chi connectivity index (χ1v) is 12.8. The van der Waals surface area contributed by atoms with Crippen molar-refractivity contribution in [2.24, 2.45) is 0 Å². The first-order valence-electron chi connectivity index (χ1n) is 12.0. The first kappa shape index (κ1) is 23.9. The number of rotatable bonds is 1. The van der Waals surface area contributed by atoms with Crippen molar-refractivity contribution in [3.05, 3.63) is 86.9 Å².